The topological polar surface area (TPSA) is 106 Å². The number of ether oxygens (including phenoxy) is 1. The van der Waals surface area contributed by atoms with Crippen molar-refractivity contribution in [2.45, 2.75) is 26.7 Å². The van der Waals surface area contributed by atoms with Crippen molar-refractivity contribution < 1.29 is 14.5 Å². The fourth-order valence-electron chi connectivity index (χ4n) is 2.08. The number of hydrogen-bond acceptors (Lipinski definition) is 7. The summed E-state index contributed by atoms with van der Waals surface area (Å²) in [5.74, 6) is 0.0268. The van der Waals surface area contributed by atoms with Gasteiger partial charge in [0.2, 0.25) is 0 Å². The third kappa shape index (κ3) is 5.15. The van der Waals surface area contributed by atoms with E-state index in [1.807, 2.05) is 13.0 Å². The van der Waals surface area contributed by atoms with E-state index in [0.717, 1.165) is 42.6 Å². The molecule has 0 fully saturated rings. The molecule has 1 aromatic heterocycles. The summed E-state index contributed by atoms with van der Waals surface area (Å²) in [5, 5.41) is 16.6. The highest BCUT2D eigenvalue weighted by atomic mass is 32.1. The molecule has 0 saturated carbocycles. The molecule has 0 saturated heterocycles. The Balaban J connectivity index is 2.18. The number of anilines is 2. The molecule has 134 valence electrons. The predicted molar refractivity (Wildman–Crippen MR) is 97.7 cm³/mol. The Morgan fingerprint density at radius 3 is 2.84 bits per heavy atom. The second kappa shape index (κ2) is 8.97. The quantitative estimate of drug-likeness (QED) is 0.397. The van der Waals surface area contributed by atoms with Crippen LogP contribution in [-0.4, -0.2) is 29.0 Å². The third-order valence-electron chi connectivity index (χ3n) is 3.28. The number of hydrogen-bond donors (Lipinski definition) is 2. The van der Waals surface area contributed by atoms with Gasteiger partial charge in [0, 0.05) is 12.2 Å². The van der Waals surface area contributed by atoms with Crippen molar-refractivity contribution in [2.24, 2.45) is 0 Å². The van der Waals surface area contributed by atoms with E-state index in [4.69, 9.17) is 4.74 Å². The normalized spacial score (nSPS) is 10.3. The Labute approximate surface area is 149 Å². The van der Waals surface area contributed by atoms with E-state index >= 15 is 0 Å². The summed E-state index contributed by atoms with van der Waals surface area (Å²) < 4.78 is 5.51. The molecule has 1 aromatic carbocycles. The number of benzene rings is 1. The van der Waals surface area contributed by atoms with E-state index in [9.17, 15) is 14.9 Å². The van der Waals surface area contributed by atoms with E-state index in [-0.39, 0.29) is 10.1 Å². The van der Waals surface area contributed by atoms with E-state index < -0.39 is 10.8 Å². The van der Waals surface area contributed by atoms with Crippen molar-refractivity contribution in [1.82, 2.24) is 4.98 Å². The molecule has 1 amide bonds. The Kier molecular flexibility index (Phi) is 6.70. The maximum absolute atomic E-state index is 12.5. The summed E-state index contributed by atoms with van der Waals surface area (Å²) in [6.07, 6.45) is 3.21. The standard InChI is InChI=1S/C16H20N4O4S/c1-3-5-8-17-11-6-7-13(24-4-2)12(9-11)15(21)19-16-18-10-14(25-16)20(22)23/h6-7,9-10,17H,3-5,8H2,1-2H3,(H,18,19,21). The lowest BCUT2D eigenvalue weighted by molar-refractivity contribution is -0.380. The monoisotopic (exact) mass is 364 g/mol. The molecule has 0 aliphatic carbocycles. The van der Waals surface area contributed by atoms with Gasteiger partial charge in [-0.05, 0) is 42.9 Å². The van der Waals surface area contributed by atoms with Crippen LogP contribution in [-0.2, 0) is 0 Å². The van der Waals surface area contributed by atoms with Crippen LogP contribution in [0.15, 0.2) is 24.4 Å². The van der Waals surface area contributed by atoms with Crippen LogP contribution in [0, 0.1) is 10.1 Å². The van der Waals surface area contributed by atoms with Crippen molar-refractivity contribution in [1.29, 1.82) is 0 Å². The van der Waals surface area contributed by atoms with Crippen LogP contribution in [0.4, 0.5) is 15.8 Å². The van der Waals surface area contributed by atoms with Gasteiger partial charge < -0.3 is 10.1 Å². The van der Waals surface area contributed by atoms with E-state index in [2.05, 4.69) is 22.5 Å². The molecular formula is C16H20N4O4S. The van der Waals surface area contributed by atoms with E-state index in [0.29, 0.717) is 17.9 Å². The van der Waals surface area contributed by atoms with Crippen LogP contribution in [0.5, 0.6) is 5.75 Å². The number of rotatable bonds is 9. The van der Waals surface area contributed by atoms with Gasteiger partial charge in [-0.25, -0.2) is 4.98 Å². The molecule has 9 heteroatoms. The minimum absolute atomic E-state index is 0.129. The second-order valence-corrected chi connectivity index (χ2v) is 6.15. The Morgan fingerprint density at radius 1 is 1.40 bits per heavy atom. The van der Waals surface area contributed by atoms with Gasteiger partial charge in [0.05, 0.1) is 17.1 Å². The number of aromatic nitrogens is 1. The maximum atomic E-state index is 12.5. The summed E-state index contributed by atoms with van der Waals surface area (Å²) in [5.41, 5.74) is 1.16. The Morgan fingerprint density at radius 2 is 2.20 bits per heavy atom. The number of unbranched alkanes of at least 4 members (excludes halogenated alkanes) is 1. The van der Waals surface area contributed by atoms with Crippen LogP contribution < -0.4 is 15.4 Å². The average molecular weight is 364 g/mol. The van der Waals surface area contributed by atoms with E-state index in [1.165, 1.54) is 0 Å². The van der Waals surface area contributed by atoms with Crippen molar-refractivity contribution >= 4 is 33.1 Å². The zero-order chi connectivity index (χ0) is 18.2. The molecule has 2 N–H and O–H groups in total. The smallest absolute Gasteiger partial charge is 0.345 e. The first-order valence-corrected chi connectivity index (χ1v) is 8.79. The van der Waals surface area contributed by atoms with Crippen LogP contribution >= 0.6 is 11.3 Å². The average Bonchev–Trinajstić information content (AvgIpc) is 3.05. The molecule has 2 aromatic rings. The summed E-state index contributed by atoms with van der Waals surface area (Å²) in [6, 6.07) is 5.29. The van der Waals surface area contributed by atoms with Crippen LogP contribution in [0.1, 0.15) is 37.0 Å². The Bertz CT molecular complexity index is 747. The summed E-state index contributed by atoms with van der Waals surface area (Å²) >= 11 is 0.806. The number of thiazole rings is 1. The van der Waals surface area contributed by atoms with Gasteiger partial charge in [-0.2, -0.15) is 0 Å². The molecule has 0 unspecified atom stereocenters. The van der Waals surface area contributed by atoms with Crippen LogP contribution in [0.2, 0.25) is 0 Å². The number of nitrogens with one attached hydrogen (secondary N) is 2. The van der Waals surface area contributed by atoms with Gasteiger partial charge in [0.25, 0.3) is 5.91 Å². The highest BCUT2D eigenvalue weighted by molar-refractivity contribution is 7.18. The molecule has 0 bridgehead atoms. The van der Waals surface area contributed by atoms with Crippen LogP contribution in [0.25, 0.3) is 0 Å². The predicted octanol–water partition coefficient (Wildman–Crippen LogP) is 3.91. The van der Waals surface area contributed by atoms with Crippen LogP contribution in [0.3, 0.4) is 0 Å². The molecule has 0 radical (unpaired) electrons. The van der Waals surface area contributed by atoms with Gasteiger partial charge in [-0.15, -0.1) is 0 Å². The number of carbonyl (C=O) groups is 1. The molecule has 25 heavy (non-hydrogen) atoms. The molecule has 8 nitrogen and oxygen atoms in total. The third-order valence-corrected chi connectivity index (χ3v) is 4.14. The Hall–Kier alpha value is -2.68. The van der Waals surface area contributed by atoms with E-state index in [1.54, 1.807) is 12.1 Å². The van der Waals surface area contributed by atoms with Gasteiger partial charge in [-0.3, -0.25) is 20.2 Å². The lowest BCUT2D eigenvalue weighted by Crippen LogP contribution is -2.14. The molecule has 0 aliphatic heterocycles. The van der Waals surface area contributed by atoms with Crippen molar-refractivity contribution in [2.75, 3.05) is 23.8 Å². The molecule has 0 atom stereocenters. The first kappa shape index (κ1) is 18.7. The largest absolute Gasteiger partial charge is 0.493 e. The minimum atomic E-state index is -0.544. The number of nitro groups is 1. The molecular weight excluding hydrogens is 344 g/mol. The van der Waals surface area contributed by atoms with Gasteiger partial charge >= 0.3 is 5.00 Å². The van der Waals surface area contributed by atoms with Gasteiger partial charge in [0.1, 0.15) is 11.9 Å². The van der Waals surface area contributed by atoms with Crippen molar-refractivity contribution in [3.8, 4) is 5.75 Å². The summed E-state index contributed by atoms with van der Waals surface area (Å²) in [4.78, 5) is 26.6. The number of nitrogens with zero attached hydrogens (tertiary/aromatic N) is 2. The first-order chi connectivity index (χ1) is 12.0. The zero-order valence-electron chi connectivity index (χ0n) is 14.1. The number of carbonyl (C=O) groups excluding carboxylic acids is 1. The first-order valence-electron chi connectivity index (χ1n) is 7.97. The van der Waals surface area contributed by atoms with Crippen molar-refractivity contribution in [3.05, 3.63) is 40.1 Å². The fourth-order valence-corrected chi connectivity index (χ4v) is 2.71. The van der Waals surface area contributed by atoms with Gasteiger partial charge in [0.15, 0.2) is 5.13 Å². The summed E-state index contributed by atoms with van der Waals surface area (Å²) in [6.45, 7) is 5.17. The lowest BCUT2D eigenvalue weighted by atomic mass is 10.1. The zero-order valence-corrected chi connectivity index (χ0v) is 14.9. The minimum Gasteiger partial charge on any atom is -0.493 e. The molecule has 0 aliphatic rings. The SMILES string of the molecule is CCCCNc1ccc(OCC)c(C(=O)Nc2ncc([N+](=O)[O-])s2)c1. The molecule has 2 rings (SSSR count). The molecule has 1 heterocycles. The van der Waals surface area contributed by atoms with Gasteiger partial charge in [-0.1, -0.05) is 13.3 Å². The summed E-state index contributed by atoms with van der Waals surface area (Å²) in [7, 11) is 0. The maximum Gasteiger partial charge on any atom is 0.345 e. The second-order valence-electron chi connectivity index (χ2n) is 5.14. The fraction of sp³-hybridized carbons (Fsp3) is 0.375. The molecule has 0 spiro atoms. The highest BCUT2D eigenvalue weighted by Gasteiger charge is 2.18. The number of amides is 1. The van der Waals surface area contributed by atoms with Crippen molar-refractivity contribution in [3.63, 3.8) is 0 Å². The highest BCUT2D eigenvalue weighted by Crippen LogP contribution is 2.28. The lowest BCUT2D eigenvalue weighted by Gasteiger charge is -2.12.